The van der Waals surface area contributed by atoms with Gasteiger partial charge in [0.05, 0.1) is 25.2 Å². The average molecular weight is 460 g/mol. The first-order valence-electron chi connectivity index (χ1n) is 9.63. The lowest BCUT2D eigenvalue weighted by Gasteiger charge is -2.13. The summed E-state index contributed by atoms with van der Waals surface area (Å²) < 4.78 is 11.1. The fourth-order valence-corrected chi connectivity index (χ4v) is 3.77. The Balaban J connectivity index is 1.75. The molecule has 2 aromatic rings. The molecule has 1 aliphatic rings. The number of carbonyl (C=O) groups excluding carboxylic acids is 3. The number of nitrogens with zero attached hydrogens (tertiary/aromatic N) is 1. The molecule has 0 spiro atoms. The normalized spacial score (nSPS) is 15.1. The smallest absolute Gasteiger partial charge is 0.293 e. The van der Waals surface area contributed by atoms with Gasteiger partial charge in [-0.3, -0.25) is 19.3 Å². The van der Waals surface area contributed by atoms with Crippen LogP contribution < -0.4 is 9.47 Å². The summed E-state index contributed by atoms with van der Waals surface area (Å²) >= 11 is 6.64. The quantitative estimate of drug-likeness (QED) is 0.394. The Hall–Kier alpha value is -2.77. The lowest BCUT2D eigenvalue weighted by atomic mass is 10.1. The van der Waals surface area contributed by atoms with Crippen molar-refractivity contribution in [2.75, 3.05) is 20.3 Å². The van der Waals surface area contributed by atoms with E-state index in [0.717, 1.165) is 16.7 Å². The molecule has 2 amide bonds. The van der Waals surface area contributed by atoms with E-state index in [0.29, 0.717) is 40.2 Å². The molecular formula is C23H22ClNO5S. The summed E-state index contributed by atoms with van der Waals surface area (Å²) in [5.74, 6) is 0.665. The number of halogens is 1. The molecular weight excluding hydrogens is 438 g/mol. The lowest BCUT2D eigenvalue weighted by molar-refractivity contribution is -0.122. The molecule has 162 valence electrons. The average Bonchev–Trinajstić information content (AvgIpc) is 3.00. The van der Waals surface area contributed by atoms with Crippen LogP contribution in [0.25, 0.3) is 6.08 Å². The van der Waals surface area contributed by atoms with Crippen molar-refractivity contribution in [3.8, 4) is 11.5 Å². The molecule has 0 N–H and O–H groups in total. The fourth-order valence-electron chi connectivity index (χ4n) is 2.81. The van der Waals surface area contributed by atoms with Crippen molar-refractivity contribution in [1.29, 1.82) is 0 Å². The Morgan fingerprint density at radius 3 is 2.48 bits per heavy atom. The number of ketones is 1. The van der Waals surface area contributed by atoms with E-state index in [1.54, 1.807) is 48.5 Å². The van der Waals surface area contributed by atoms with Gasteiger partial charge in [0.2, 0.25) is 0 Å². The third-order valence-electron chi connectivity index (χ3n) is 4.40. The van der Waals surface area contributed by atoms with Crippen molar-refractivity contribution in [2.24, 2.45) is 5.92 Å². The van der Waals surface area contributed by atoms with Crippen molar-refractivity contribution in [3.05, 3.63) is 63.5 Å². The third kappa shape index (κ3) is 5.68. The molecule has 0 aromatic heterocycles. The summed E-state index contributed by atoms with van der Waals surface area (Å²) in [7, 11) is 1.54. The first-order valence-corrected chi connectivity index (χ1v) is 10.8. The zero-order chi connectivity index (χ0) is 22.5. The number of ether oxygens (including phenoxy) is 2. The molecule has 0 unspecified atom stereocenters. The molecule has 0 aliphatic carbocycles. The van der Waals surface area contributed by atoms with Gasteiger partial charge in [-0.05, 0) is 65.7 Å². The highest BCUT2D eigenvalue weighted by Crippen LogP contribution is 2.34. The molecule has 2 aromatic carbocycles. The van der Waals surface area contributed by atoms with Crippen molar-refractivity contribution in [2.45, 2.75) is 13.8 Å². The van der Waals surface area contributed by atoms with Gasteiger partial charge in [0.15, 0.2) is 17.3 Å². The molecule has 1 saturated heterocycles. The van der Waals surface area contributed by atoms with E-state index in [4.69, 9.17) is 21.1 Å². The third-order valence-corrected chi connectivity index (χ3v) is 5.56. The zero-order valence-corrected chi connectivity index (χ0v) is 19.0. The van der Waals surface area contributed by atoms with Gasteiger partial charge in [-0.1, -0.05) is 31.5 Å². The van der Waals surface area contributed by atoms with Crippen LogP contribution in [0.1, 0.15) is 29.8 Å². The SMILES string of the molecule is COc1cc(/C=C2\SC(=O)N(CC(=O)c3ccc(Cl)cc3)C2=O)ccc1OCC(C)C. The first-order chi connectivity index (χ1) is 14.8. The predicted octanol–water partition coefficient (Wildman–Crippen LogP) is 5.30. The van der Waals surface area contributed by atoms with E-state index in [2.05, 4.69) is 13.8 Å². The van der Waals surface area contributed by atoms with Crippen molar-refractivity contribution in [1.82, 2.24) is 4.90 Å². The molecule has 0 saturated carbocycles. The second kappa shape index (κ2) is 10.0. The summed E-state index contributed by atoms with van der Waals surface area (Å²) in [6.07, 6.45) is 1.60. The maximum atomic E-state index is 12.7. The highest BCUT2D eigenvalue weighted by Gasteiger charge is 2.36. The maximum absolute atomic E-state index is 12.7. The lowest BCUT2D eigenvalue weighted by Crippen LogP contribution is -2.33. The molecule has 1 fully saturated rings. The summed E-state index contributed by atoms with van der Waals surface area (Å²) in [4.78, 5) is 38.7. The number of Topliss-reactive ketones (excluding diaryl/α,β-unsaturated/α-hetero) is 1. The van der Waals surface area contributed by atoms with Crippen LogP contribution in [-0.2, 0) is 4.79 Å². The van der Waals surface area contributed by atoms with E-state index < -0.39 is 11.1 Å². The van der Waals surface area contributed by atoms with Gasteiger partial charge in [0.1, 0.15) is 0 Å². The molecule has 0 bridgehead atoms. The Morgan fingerprint density at radius 1 is 1.13 bits per heavy atom. The number of methoxy groups -OCH3 is 1. The van der Waals surface area contributed by atoms with Crippen LogP contribution >= 0.6 is 23.4 Å². The van der Waals surface area contributed by atoms with E-state index in [-0.39, 0.29) is 17.2 Å². The van der Waals surface area contributed by atoms with Crippen LogP contribution in [0.3, 0.4) is 0 Å². The minimum atomic E-state index is -0.503. The van der Waals surface area contributed by atoms with Crippen LogP contribution in [0, 0.1) is 5.92 Å². The largest absolute Gasteiger partial charge is 0.493 e. The molecule has 6 nitrogen and oxygen atoms in total. The molecule has 31 heavy (non-hydrogen) atoms. The number of hydrogen-bond donors (Lipinski definition) is 0. The molecule has 0 radical (unpaired) electrons. The van der Waals surface area contributed by atoms with Crippen LogP contribution in [0.5, 0.6) is 11.5 Å². The van der Waals surface area contributed by atoms with Gasteiger partial charge in [0.25, 0.3) is 11.1 Å². The van der Waals surface area contributed by atoms with Gasteiger partial charge in [-0.25, -0.2) is 0 Å². The highest BCUT2D eigenvalue weighted by atomic mass is 35.5. The summed E-state index contributed by atoms with van der Waals surface area (Å²) in [6, 6.07) is 11.6. The topological polar surface area (TPSA) is 72.9 Å². The summed E-state index contributed by atoms with van der Waals surface area (Å²) in [6.45, 7) is 4.33. The second-order valence-electron chi connectivity index (χ2n) is 7.31. The van der Waals surface area contributed by atoms with E-state index in [1.165, 1.54) is 7.11 Å². The Kier molecular flexibility index (Phi) is 7.41. The summed E-state index contributed by atoms with van der Waals surface area (Å²) in [5, 5.41) is 0.0177. The standard InChI is InChI=1S/C23H22ClNO5S/c1-14(2)13-30-19-9-4-15(10-20(19)29-3)11-21-22(27)25(23(28)31-21)12-18(26)16-5-7-17(24)8-6-16/h4-11,14H,12-13H2,1-3H3/b21-11-. The Labute approximate surface area is 190 Å². The summed E-state index contributed by atoms with van der Waals surface area (Å²) in [5.41, 5.74) is 1.07. The van der Waals surface area contributed by atoms with Gasteiger partial charge in [-0.2, -0.15) is 0 Å². The predicted molar refractivity (Wildman–Crippen MR) is 122 cm³/mol. The van der Waals surface area contributed by atoms with Crippen molar-refractivity contribution < 1.29 is 23.9 Å². The number of amides is 2. The Bertz CT molecular complexity index is 1030. The van der Waals surface area contributed by atoms with E-state index in [1.807, 2.05) is 0 Å². The number of benzene rings is 2. The maximum Gasteiger partial charge on any atom is 0.293 e. The fraction of sp³-hybridized carbons (Fsp3) is 0.261. The monoisotopic (exact) mass is 459 g/mol. The zero-order valence-electron chi connectivity index (χ0n) is 17.4. The number of rotatable bonds is 8. The van der Waals surface area contributed by atoms with Crippen LogP contribution in [-0.4, -0.2) is 42.1 Å². The number of hydrogen-bond acceptors (Lipinski definition) is 6. The van der Waals surface area contributed by atoms with Gasteiger partial charge in [0, 0.05) is 10.6 Å². The van der Waals surface area contributed by atoms with Crippen LogP contribution in [0.2, 0.25) is 5.02 Å². The molecule has 1 heterocycles. The number of imide groups is 1. The number of thioether (sulfide) groups is 1. The molecule has 1 aliphatic heterocycles. The second-order valence-corrected chi connectivity index (χ2v) is 8.74. The van der Waals surface area contributed by atoms with E-state index in [9.17, 15) is 14.4 Å². The Morgan fingerprint density at radius 2 is 1.84 bits per heavy atom. The van der Waals surface area contributed by atoms with Gasteiger partial charge < -0.3 is 9.47 Å². The van der Waals surface area contributed by atoms with Crippen molar-refractivity contribution in [3.63, 3.8) is 0 Å². The van der Waals surface area contributed by atoms with Crippen LogP contribution in [0.4, 0.5) is 4.79 Å². The molecule has 0 atom stereocenters. The first kappa shape index (κ1) is 22.9. The molecule has 8 heteroatoms. The minimum Gasteiger partial charge on any atom is -0.493 e. The molecule has 3 rings (SSSR count). The van der Waals surface area contributed by atoms with Crippen LogP contribution in [0.15, 0.2) is 47.4 Å². The van der Waals surface area contributed by atoms with Gasteiger partial charge >= 0.3 is 0 Å². The van der Waals surface area contributed by atoms with Gasteiger partial charge in [-0.15, -0.1) is 0 Å². The minimum absolute atomic E-state index is 0.242. The highest BCUT2D eigenvalue weighted by molar-refractivity contribution is 8.18. The number of carbonyl (C=O) groups is 3. The van der Waals surface area contributed by atoms with E-state index >= 15 is 0 Å². The van der Waals surface area contributed by atoms with Crippen molar-refractivity contribution >= 4 is 46.4 Å².